The molecule has 0 saturated heterocycles. The molecule has 0 fully saturated rings. The zero-order chi connectivity index (χ0) is 13.0. The van der Waals surface area contributed by atoms with E-state index in [1.165, 1.54) is 0 Å². The van der Waals surface area contributed by atoms with Crippen molar-refractivity contribution in [2.24, 2.45) is 0 Å². The van der Waals surface area contributed by atoms with Crippen molar-refractivity contribution in [3.8, 4) is 0 Å². The van der Waals surface area contributed by atoms with Crippen LogP contribution < -0.4 is 5.32 Å². The number of carbonyl (C=O) groups excluding carboxylic acids is 1. The molecular formula is C14H19N3O. The molecule has 1 heterocycles. The third-order valence-corrected chi connectivity index (χ3v) is 2.95. The van der Waals surface area contributed by atoms with Crippen LogP contribution in [0.1, 0.15) is 32.5 Å². The molecule has 0 unspecified atom stereocenters. The molecule has 0 bridgehead atoms. The van der Waals surface area contributed by atoms with Crippen LogP contribution in [0.25, 0.3) is 11.0 Å². The van der Waals surface area contributed by atoms with E-state index in [0.717, 1.165) is 29.8 Å². The zero-order valence-electron chi connectivity index (χ0n) is 10.9. The van der Waals surface area contributed by atoms with Crippen molar-refractivity contribution < 1.29 is 4.79 Å². The van der Waals surface area contributed by atoms with Gasteiger partial charge in [-0.3, -0.25) is 4.79 Å². The van der Waals surface area contributed by atoms with Crippen LogP contribution in [0.3, 0.4) is 0 Å². The standard InChI is InChI=1S/C14H19N3O/c1-3-9-17-12-8-6-5-7-11(12)16-13(17)10-15-14(18)4-2/h5-8H,3-4,9-10H2,1-2H3,(H,15,18). The molecule has 0 aliphatic heterocycles. The minimum atomic E-state index is 0.0603. The van der Waals surface area contributed by atoms with Gasteiger partial charge in [0.15, 0.2) is 0 Å². The average molecular weight is 245 g/mol. The lowest BCUT2D eigenvalue weighted by atomic mass is 10.3. The van der Waals surface area contributed by atoms with Gasteiger partial charge in [-0.2, -0.15) is 0 Å². The number of aryl methyl sites for hydroxylation is 1. The van der Waals surface area contributed by atoms with Gasteiger partial charge in [0.2, 0.25) is 5.91 Å². The molecule has 4 heteroatoms. The van der Waals surface area contributed by atoms with Crippen molar-refractivity contribution in [3.63, 3.8) is 0 Å². The lowest BCUT2D eigenvalue weighted by molar-refractivity contribution is -0.120. The normalized spacial score (nSPS) is 10.8. The van der Waals surface area contributed by atoms with E-state index in [2.05, 4.69) is 27.9 Å². The lowest BCUT2D eigenvalue weighted by Crippen LogP contribution is -2.23. The summed E-state index contributed by atoms with van der Waals surface area (Å²) >= 11 is 0. The summed E-state index contributed by atoms with van der Waals surface area (Å²) in [5.41, 5.74) is 2.13. The molecule has 1 aromatic heterocycles. The molecule has 0 aliphatic carbocycles. The molecule has 0 saturated carbocycles. The van der Waals surface area contributed by atoms with Crippen molar-refractivity contribution >= 4 is 16.9 Å². The molecule has 18 heavy (non-hydrogen) atoms. The maximum atomic E-state index is 11.3. The van der Waals surface area contributed by atoms with E-state index in [0.29, 0.717) is 13.0 Å². The first-order valence-electron chi connectivity index (χ1n) is 6.47. The number of imidazole rings is 1. The Balaban J connectivity index is 2.30. The Kier molecular flexibility index (Phi) is 3.97. The fourth-order valence-electron chi connectivity index (χ4n) is 2.04. The van der Waals surface area contributed by atoms with Crippen molar-refractivity contribution in [2.75, 3.05) is 0 Å². The summed E-state index contributed by atoms with van der Waals surface area (Å²) in [4.78, 5) is 15.9. The third-order valence-electron chi connectivity index (χ3n) is 2.95. The summed E-state index contributed by atoms with van der Waals surface area (Å²) in [6.45, 7) is 5.42. The second-order valence-corrected chi connectivity index (χ2v) is 4.30. The fourth-order valence-corrected chi connectivity index (χ4v) is 2.04. The molecule has 0 atom stereocenters. The highest BCUT2D eigenvalue weighted by atomic mass is 16.1. The molecular weight excluding hydrogens is 226 g/mol. The van der Waals surface area contributed by atoms with Gasteiger partial charge in [0.05, 0.1) is 17.6 Å². The van der Waals surface area contributed by atoms with Gasteiger partial charge in [-0.15, -0.1) is 0 Å². The van der Waals surface area contributed by atoms with Crippen LogP contribution in [0.4, 0.5) is 0 Å². The van der Waals surface area contributed by atoms with E-state index in [-0.39, 0.29) is 5.91 Å². The maximum Gasteiger partial charge on any atom is 0.220 e. The molecule has 2 aromatic rings. The van der Waals surface area contributed by atoms with Gasteiger partial charge in [-0.1, -0.05) is 26.0 Å². The van der Waals surface area contributed by atoms with Crippen LogP contribution in [0, 0.1) is 0 Å². The van der Waals surface area contributed by atoms with Crippen molar-refractivity contribution in [1.29, 1.82) is 0 Å². The first-order chi connectivity index (χ1) is 8.76. The number of nitrogens with one attached hydrogen (secondary N) is 1. The van der Waals surface area contributed by atoms with Crippen LogP contribution >= 0.6 is 0 Å². The van der Waals surface area contributed by atoms with Crippen molar-refractivity contribution in [3.05, 3.63) is 30.1 Å². The highest BCUT2D eigenvalue weighted by Crippen LogP contribution is 2.16. The minimum absolute atomic E-state index is 0.0603. The van der Waals surface area contributed by atoms with Crippen LogP contribution in [0.2, 0.25) is 0 Å². The van der Waals surface area contributed by atoms with E-state index < -0.39 is 0 Å². The average Bonchev–Trinajstić information content (AvgIpc) is 2.75. The monoisotopic (exact) mass is 245 g/mol. The molecule has 4 nitrogen and oxygen atoms in total. The number of hydrogen-bond donors (Lipinski definition) is 1. The molecule has 1 N–H and O–H groups in total. The van der Waals surface area contributed by atoms with Gasteiger partial charge in [0.25, 0.3) is 0 Å². The minimum Gasteiger partial charge on any atom is -0.349 e. The maximum absolute atomic E-state index is 11.3. The van der Waals surface area contributed by atoms with E-state index in [1.54, 1.807) is 0 Å². The Hall–Kier alpha value is -1.84. The van der Waals surface area contributed by atoms with Crippen molar-refractivity contribution in [2.45, 2.75) is 39.8 Å². The number of rotatable bonds is 5. The Morgan fingerprint density at radius 2 is 2.11 bits per heavy atom. The van der Waals surface area contributed by atoms with Crippen LogP contribution in [-0.2, 0) is 17.9 Å². The summed E-state index contributed by atoms with van der Waals surface area (Å²) in [6, 6.07) is 8.08. The van der Waals surface area contributed by atoms with Gasteiger partial charge >= 0.3 is 0 Å². The summed E-state index contributed by atoms with van der Waals surface area (Å²) in [5, 5.41) is 2.89. The van der Waals surface area contributed by atoms with Crippen molar-refractivity contribution in [1.82, 2.24) is 14.9 Å². The largest absolute Gasteiger partial charge is 0.349 e. The third kappa shape index (κ3) is 2.53. The highest BCUT2D eigenvalue weighted by molar-refractivity contribution is 5.77. The summed E-state index contributed by atoms with van der Waals surface area (Å²) < 4.78 is 2.19. The Labute approximate surface area is 107 Å². The van der Waals surface area contributed by atoms with E-state index in [4.69, 9.17) is 0 Å². The summed E-state index contributed by atoms with van der Waals surface area (Å²) in [6.07, 6.45) is 1.56. The molecule has 96 valence electrons. The van der Waals surface area contributed by atoms with Gasteiger partial charge in [0.1, 0.15) is 5.82 Å². The number of benzene rings is 1. The van der Waals surface area contributed by atoms with Crippen LogP contribution in [-0.4, -0.2) is 15.5 Å². The Bertz CT molecular complexity index is 545. The molecule has 1 amide bonds. The van der Waals surface area contributed by atoms with Gasteiger partial charge in [0, 0.05) is 13.0 Å². The lowest BCUT2D eigenvalue weighted by Gasteiger charge is -2.08. The predicted octanol–water partition coefficient (Wildman–Crippen LogP) is 2.47. The zero-order valence-corrected chi connectivity index (χ0v) is 10.9. The SMILES string of the molecule is CCCn1c(CNC(=O)CC)nc2ccccc21. The quantitative estimate of drug-likeness (QED) is 0.879. The molecule has 1 aromatic carbocycles. The number of amides is 1. The van der Waals surface area contributed by atoms with Crippen LogP contribution in [0.5, 0.6) is 0 Å². The van der Waals surface area contributed by atoms with E-state index in [9.17, 15) is 4.79 Å². The molecule has 0 aliphatic rings. The molecule has 2 rings (SSSR count). The van der Waals surface area contributed by atoms with Gasteiger partial charge < -0.3 is 9.88 Å². The number of hydrogen-bond acceptors (Lipinski definition) is 2. The predicted molar refractivity (Wildman–Crippen MR) is 72.2 cm³/mol. The number of para-hydroxylation sites is 2. The fraction of sp³-hybridized carbons (Fsp3) is 0.429. The topological polar surface area (TPSA) is 46.9 Å². The highest BCUT2D eigenvalue weighted by Gasteiger charge is 2.09. The Morgan fingerprint density at radius 3 is 2.83 bits per heavy atom. The molecule has 0 spiro atoms. The van der Waals surface area contributed by atoms with Gasteiger partial charge in [-0.05, 0) is 18.6 Å². The van der Waals surface area contributed by atoms with Gasteiger partial charge in [-0.25, -0.2) is 4.98 Å². The number of aromatic nitrogens is 2. The Morgan fingerprint density at radius 1 is 1.33 bits per heavy atom. The number of carbonyl (C=O) groups is 1. The second-order valence-electron chi connectivity index (χ2n) is 4.30. The first-order valence-corrected chi connectivity index (χ1v) is 6.47. The van der Waals surface area contributed by atoms with E-state index >= 15 is 0 Å². The molecule has 0 radical (unpaired) electrons. The smallest absolute Gasteiger partial charge is 0.220 e. The summed E-state index contributed by atoms with van der Waals surface area (Å²) in [5.74, 6) is 0.991. The first kappa shape index (κ1) is 12.6. The number of fused-ring (bicyclic) bond motifs is 1. The number of nitrogens with zero attached hydrogens (tertiary/aromatic N) is 2. The van der Waals surface area contributed by atoms with Crippen LogP contribution in [0.15, 0.2) is 24.3 Å². The van der Waals surface area contributed by atoms with E-state index in [1.807, 2.05) is 25.1 Å². The second kappa shape index (κ2) is 5.67. The summed E-state index contributed by atoms with van der Waals surface area (Å²) in [7, 11) is 0.